The second-order valence-corrected chi connectivity index (χ2v) is 4.89. The number of hydrogen-bond acceptors (Lipinski definition) is 2. The molecule has 3 nitrogen and oxygen atoms in total. The van der Waals surface area contributed by atoms with Crippen LogP contribution in [0.4, 0.5) is 5.69 Å². The fourth-order valence-electron chi connectivity index (χ4n) is 2.51. The summed E-state index contributed by atoms with van der Waals surface area (Å²) >= 11 is 0. The second kappa shape index (κ2) is 5.22. The number of aryl methyl sites for hydroxylation is 2. The van der Waals surface area contributed by atoms with Gasteiger partial charge < -0.3 is 5.32 Å². The maximum atomic E-state index is 12.0. The van der Waals surface area contributed by atoms with Crippen LogP contribution in [0.5, 0.6) is 0 Å². The molecule has 1 aliphatic carbocycles. The van der Waals surface area contributed by atoms with E-state index in [9.17, 15) is 4.79 Å². The summed E-state index contributed by atoms with van der Waals surface area (Å²) in [5.74, 6) is -0.108. The maximum absolute atomic E-state index is 12.0. The van der Waals surface area contributed by atoms with Crippen LogP contribution in [0.3, 0.4) is 0 Å². The van der Waals surface area contributed by atoms with Crippen molar-refractivity contribution in [3.05, 3.63) is 59.4 Å². The van der Waals surface area contributed by atoms with Gasteiger partial charge in [0.05, 0.1) is 5.56 Å². The van der Waals surface area contributed by atoms with Gasteiger partial charge in [0, 0.05) is 18.1 Å². The molecule has 3 rings (SSSR count). The van der Waals surface area contributed by atoms with E-state index in [4.69, 9.17) is 0 Å². The van der Waals surface area contributed by atoms with Crippen molar-refractivity contribution < 1.29 is 4.79 Å². The lowest BCUT2D eigenvalue weighted by molar-refractivity contribution is 0.102. The van der Waals surface area contributed by atoms with Gasteiger partial charge in [-0.15, -0.1) is 0 Å². The van der Waals surface area contributed by atoms with Crippen LogP contribution in [-0.4, -0.2) is 10.9 Å². The lowest BCUT2D eigenvalue weighted by Crippen LogP contribution is -2.13. The molecule has 0 radical (unpaired) electrons. The Bertz CT molecular complexity index is 593. The number of hydrogen-bond donors (Lipinski definition) is 1. The monoisotopic (exact) mass is 252 g/mol. The summed E-state index contributed by atoms with van der Waals surface area (Å²) in [6.45, 7) is 0. The lowest BCUT2D eigenvalue weighted by Gasteiger charge is -2.16. The Morgan fingerprint density at radius 1 is 1.11 bits per heavy atom. The van der Waals surface area contributed by atoms with E-state index in [1.807, 2.05) is 6.07 Å². The Morgan fingerprint density at radius 2 is 1.95 bits per heavy atom. The summed E-state index contributed by atoms with van der Waals surface area (Å²) in [4.78, 5) is 16.0. The number of pyridine rings is 1. The SMILES string of the molecule is O=C(Nc1ccc2c(c1)CCCC2)c1cccnc1. The molecular formula is C16H16N2O. The van der Waals surface area contributed by atoms with Crippen LogP contribution in [0.1, 0.15) is 34.3 Å². The first-order chi connectivity index (χ1) is 9.33. The summed E-state index contributed by atoms with van der Waals surface area (Å²) in [5, 5.41) is 2.93. The smallest absolute Gasteiger partial charge is 0.257 e. The fraction of sp³-hybridized carbons (Fsp3) is 0.250. The molecule has 3 heteroatoms. The highest BCUT2D eigenvalue weighted by atomic mass is 16.1. The van der Waals surface area contributed by atoms with E-state index in [-0.39, 0.29) is 5.91 Å². The third kappa shape index (κ3) is 2.65. The van der Waals surface area contributed by atoms with Gasteiger partial charge in [-0.3, -0.25) is 9.78 Å². The first-order valence-corrected chi connectivity index (χ1v) is 6.66. The number of nitrogens with zero attached hydrogens (tertiary/aromatic N) is 1. The zero-order valence-corrected chi connectivity index (χ0v) is 10.7. The molecule has 0 saturated carbocycles. The van der Waals surface area contributed by atoms with Gasteiger partial charge in [-0.2, -0.15) is 0 Å². The highest BCUT2D eigenvalue weighted by Crippen LogP contribution is 2.24. The molecule has 96 valence electrons. The van der Waals surface area contributed by atoms with Gasteiger partial charge in [0.1, 0.15) is 0 Å². The molecule has 1 aromatic heterocycles. The quantitative estimate of drug-likeness (QED) is 0.891. The van der Waals surface area contributed by atoms with E-state index >= 15 is 0 Å². The van der Waals surface area contributed by atoms with Crippen LogP contribution in [0.25, 0.3) is 0 Å². The predicted molar refractivity (Wildman–Crippen MR) is 75.3 cm³/mol. The van der Waals surface area contributed by atoms with Crippen LogP contribution in [0, 0.1) is 0 Å². The Balaban J connectivity index is 1.78. The van der Waals surface area contributed by atoms with Crippen molar-refractivity contribution in [2.45, 2.75) is 25.7 Å². The van der Waals surface area contributed by atoms with Gasteiger partial charge in [0.25, 0.3) is 5.91 Å². The zero-order chi connectivity index (χ0) is 13.1. The number of amides is 1. The van der Waals surface area contributed by atoms with E-state index in [1.54, 1.807) is 24.5 Å². The molecule has 0 atom stereocenters. The largest absolute Gasteiger partial charge is 0.322 e. The van der Waals surface area contributed by atoms with Crippen molar-refractivity contribution in [3.63, 3.8) is 0 Å². The Hall–Kier alpha value is -2.16. The number of aromatic nitrogens is 1. The molecule has 19 heavy (non-hydrogen) atoms. The maximum Gasteiger partial charge on any atom is 0.257 e. The highest BCUT2D eigenvalue weighted by Gasteiger charge is 2.11. The normalized spacial score (nSPS) is 13.7. The molecule has 0 aliphatic heterocycles. The van der Waals surface area contributed by atoms with Crippen molar-refractivity contribution in [2.75, 3.05) is 5.32 Å². The van der Waals surface area contributed by atoms with Crippen molar-refractivity contribution in [1.29, 1.82) is 0 Å². The highest BCUT2D eigenvalue weighted by molar-refractivity contribution is 6.04. The van der Waals surface area contributed by atoms with Gasteiger partial charge >= 0.3 is 0 Å². The number of carbonyl (C=O) groups excluding carboxylic acids is 1. The molecule has 0 bridgehead atoms. The van der Waals surface area contributed by atoms with Crippen molar-refractivity contribution in [3.8, 4) is 0 Å². The van der Waals surface area contributed by atoms with Crippen LogP contribution in [0.2, 0.25) is 0 Å². The first-order valence-electron chi connectivity index (χ1n) is 6.66. The molecule has 1 aliphatic rings. The molecule has 0 spiro atoms. The Labute approximate surface area is 112 Å². The summed E-state index contributed by atoms with van der Waals surface area (Å²) in [5.41, 5.74) is 4.25. The van der Waals surface area contributed by atoms with Gasteiger partial charge in [-0.25, -0.2) is 0 Å². The minimum Gasteiger partial charge on any atom is -0.322 e. The minimum atomic E-state index is -0.108. The molecule has 0 unspecified atom stereocenters. The topological polar surface area (TPSA) is 42.0 Å². The molecular weight excluding hydrogens is 236 g/mol. The standard InChI is InChI=1S/C16H16N2O/c19-16(14-6-3-9-17-11-14)18-15-8-7-12-4-1-2-5-13(12)10-15/h3,6-11H,1-2,4-5H2,(H,18,19). The van der Waals surface area contributed by atoms with Crippen LogP contribution >= 0.6 is 0 Å². The predicted octanol–water partition coefficient (Wildman–Crippen LogP) is 3.21. The van der Waals surface area contributed by atoms with E-state index < -0.39 is 0 Å². The number of benzene rings is 1. The van der Waals surface area contributed by atoms with E-state index in [0.717, 1.165) is 18.5 Å². The van der Waals surface area contributed by atoms with E-state index in [1.165, 1.54) is 24.0 Å². The minimum absolute atomic E-state index is 0.108. The van der Waals surface area contributed by atoms with Crippen molar-refractivity contribution >= 4 is 11.6 Å². The van der Waals surface area contributed by atoms with Gasteiger partial charge in [0.2, 0.25) is 0 Å². The molecule has 1 aromatic carbocycles. The molecule has 0 fully saturated rings. The fourth-order valence-corrected chi connectivity index (χ4v) is 2.51. The Morgan fingerprint density at radius 3 is 2.74 bits per heavy atom. The molecule has 1 amide bonds. The van der Waals surface area contributed by atoms with E-state index in [2.05, 4.69) is 22.4 Å². The summed E-state index contributed by atoms with van der Waals surface area (Å²) in [7, 11) is 0. The van der Waals surface area contributed by atoms with Crippen LogP contribution in [0.15, 0.2) is 42.7 Å². The Kier molecular flexibility index (Phi) is 3.27. The van der Waals surface area contributed by atoms with Gasteiger partial charge in [-0.05, 0) is 61.1 Å². The first kappa shape index (κ1) is 11.9. The number of carbonyl (C=O) groups is 1. The average Bonchev–Trinajstić information content (AvgIpc) is 2.48. The van der Waals surface area contributed by atoms with E-state index in [0.29, 0.717) is 5.56 Å². The second-order valence-electron chi connectivity index (χ2n) is 4.89. The summed E-state index contributed by atoms with van der Waals surface area (Å²) in [6, 6.07) is 9.75. The summed E-state index contributed by atoms with van der Waals surface area (Å²) in [6.07, 6.45) is 8.03. The molecule has 1 N–H and O–H groups in total. The molecule has 1 heterocycles. The van der Waals surface area contributed by atoms with Gasteiger partial charge in [0.15, 0.2) is 0 Å². The third-order valence-corrected chi connectivity index (χ3v) is 3.53. The zero-order valence-electron chi connectivity index (χ0n) is 10.7. The number of anilines is 1. The van der Waals surface area contributed by atoms with Crippen molar-refractivity contribution in [1.82, 2.24) is 4.98 Å². The average molecular weight is 252 g/mol. The number of fused-ring (bicyclic) bond motifs is 1. The van der Waals surface area contributed by atoms with Crippen molar-refractivity contribution in [2.24, 2.45) is 0 Å². The molecule has 2 aromatic rings. The number of nitrogens with one attached hydrogen (secondary N) is 1. The third-order valence-electron chi connectivity index (χ3n) is 3.53. The lowest BCUT2D eigenvalue weighted by atomic mass is 9.91. The summed E-state index contributed by atoms with van der Waals surface area (Å²) < 4.78 is 0. The molecule has 0 saturated heterocycles. The van der Waals surface area contributed by atoms with Crippen LogP contribution < -0.4 is 5.32 Å². The van der Waals surface area contributed by atoms with Crippen LogP contribution in [-0.2, 0) is 12.8 Å². The number of rotatable bonds is 2. The van der Waals surface area contributed by atoms with Gasteiger partial charge in [-0.1, -0.05) is 6.07 Å².